The van der Waals surface area contributed by atoms with Crippen LogP contribution in [-0.4, -0.2) is 7.11 Å². The molecule has 0 spiro atoms. The van der Waals surface area contributed by atoms with Gasteiger partial charge in [-0.05, 0) is 42.8 Å². The van der Waals surface area contributed by atoms with Gasteiger partial charge in [0.25, 0.3) is 0 Å². The second-order valence-corrected chi connectivity index (χ2v) is 5.96. The number of halogens is 2. The predicted molar refractivity (Wildman–Crippen MR) is 87.4 cm³/mol. The fraction of sp³-hybridized carbons (Fsp3) is 0.250. The molecule has 2 nitrogen and oxygen atoms in total. The fourth-order valence-corrected chi connectivity index (χ4v) is 2.48. The molecule has 2 aromatic rings. The highest BCUT2D eigenvalue weighted by Gasteiger charge is 2.08. The number of rotatable bonds is 5. The topological polar surface area (TPSA) is 21.3 Å². The van der Waals surface area contributed by atoms with Crippen LogP contribution in [0.1, 0.15) is 24.1 Å². The molecule has 4 heteroatoms. The lowest BCUT2D eigenvalue weighted by atomic mass is 10.1. The Morgan fingerprint density at radius 3 is 2.55 bits per heavy atom. The zero-order valence-corrected chi connectivity index (χ0v) is 13.8. The molecule has 1 N–H and O–H groups in total. The summed E-state index contributed by atoms with van der Waals surface area (Å²) in [7, 11) is 1.67. The van der Waals surface area contributed by atoms with Crippen LogP contribution in [0.25, 0.3) is 0 Å². The third-order valence-corrected chi connectivity index (χ3v) is 3.97. The fourth-order valence-electron chi connectivity index (χ4n) is 2.02. The summed E-state index contributed by atoms with van der Waals surface area (Å²) >= 11 is 9.48. The van der Waals surface area contributed by atoms with E-state index in [4.69, 9.17) is 16.3 Å². The van der Waals surface area contributed by atoms with Gasteiger partial charge in [0.05, 0.1) is 7.11 Å². The molecule has 0 aromatic heterocycles. The molecule has 0 amide bonds. The highest BCUT2D eigenvalue weighted by molar-refractivity contribution is 9.10. The van der Waals surface area contributed by atoms with E-state index in [0.29, 0.717) is 6.54 Å². The van der Waals surface area contributed by atoms with E-state index < -0.39 is 0 Å². The molecule has 0 bridgehead atoms. The summed E-state index contributed by atoms with van der Waals surface area (Å²) in [5.41, 5.74) is 2.30. The quantitative estimate of drug-likeness (QED) is 0.819. The van der Waals surface area contributed by atoms with Gasteiger partial charge < -0.3 is 10.1 Å². The highest BCUT2D eigenvalue weighted by atomic mass is 79.9. The summed E-state index contributed by atoms with van der Waals surface area (Å²) in [5.74, 6) is 0.852. The Morgan fingerprint density at radius 2 is 1.90 bits per heavy atom. The molecule has 0 aliphatic rings. The largest absolute Gasteiger partial charge is 0.496 e. The lowest BCUT2D eigenvalue weighted by molar-refractivity contribution is 0.406. The lowest BCUT2D eigenvalue weighted by Gasteiger charge is -2.16. The van der Waals surface area contributed by atoms with E-state index in [1.54, 1.807) is 7.11 Å². The van der Waals surface area contributed by atoms with Crippen molar-refractivity contribution in [3.63, 3.8) is 0 Å². The third-order valence-electron chi connectivity index (χ3n) is 3.21. The molecular weight excluding hydrogens is 338 g/mol. The summed E-state index contributed by atoms with van der Waals surface area (Å²) < 4.78 is 6.44. The highest BCUT2D eigenvalue weighted by Crippen LogP contribution is 2.23. The summed E-state index contributed by atoms with van der Waals surface area (Å²) in [6.07, 6.45) is 0. The smallest absolute Gasteiger partial charge is 0.123 e. The minimum Gasteiger partial charge on any atom is -0.496 e. The molecular formula is C16H17BrClNO. The molecule has 0 aliphatic heterocycles. The number of methoxy groups -OCH3 is 1. The van der Waals surface area contributed by atoms with Crippen LogP contribution in [0.15, 0.2) is 46.9 Å². The average molecular weight is 355 g/mol. The Balaban J connectivity index is 2.04. The van der Waals surface area contributed by atoms with Crippen LogP contribution in [0.4, 0.5) is 0 Å². The first-order valence-corrected chi connectivity index (χ1v) is 7.58. The molecule has 2 aromatic carbocycles. The molecule has 0 unspecified atom stereocenters. The van der Waals surface area contributed by atoms with Crippen LogP contribution in [0, 0.1) is 0 Å². The molecule has 20 heavy (non-hydrogen) atoms. The third kappa shape index (κ3) is 3.98. The van der Waals surface area contributed by atoms with Crippen molar-refractivity contribution in [1.82, 2.24) is 5.32 Å². The van der Waals surface area contributed by atoms with Crippen LogP contribution in [0.2, 0.25) is 5.02 Å². The van der Waals surface area contributed by atoms with E-state index in [1.807, 2.05) is 30.3 Å². The number of nitrogens with one attached hydrogen (secondary N) is 1. The van der Waals surface area contributed by atoms with Crippen molar-refractivity contribution >= 4 is 27.5 Å². The minimum absolute atomic E-state index is 0.256. The van der Waals surface area contributed by atoms with Gasteiger partial charge in [0, 0.05) is 27.6 Å². The van der Waals surface area contributed by atoms with Crippen molar-refractivity contribution in [2.45, 2.75) is 19.5 Å². The van der Waals surface area contributed by atoms with Crippen molar-refractivity contribution in [1.29, 1.82) is 0 Å². The van der Waals surface area contributed by atoms with Gasteiger partial charge in [0.1, 0.15) is 5.75 Å². The van der Waals surface area contributed by atoms with Gasteiger partial charge in [0.2, 0.25) is 0 Å². The van der Waals surface area contributed by atoms with Crippen molar-refractivity contribution in [3.05, 3.63) is 63.1 Å². The number of ether oxygens (including phenoxy) is 1. The molecule has 2 rings (SSSR count). The van der Waals surface area contributed by atoms with Gasteiger partial charge in [-0.2, -0.15) is 0 Å². The van der Waals surface area contributed by atoms with Gasteiger partial charge in [-0.15, -0.1) is 0 Å². The van der Waals surface area contributed by atoms with E-state index in [9.17, 15) is 0 Å². The maximum atomic E-state index is 6.03. The summed E-state index contributed by atoms with van der Waals surface area (Å²) in [6.45, 7) is 2.85. The molecule has 0 saturated heterocycles. The number of hydrogen-bond acceptors (Lipinski definition) is 2. The molecule has 1 atom stereocenters. The van der Waals surface area contributed by atoms with Crippen molar-refractivity contribution in [3.8, 4) is 5.75 Å². The predicted octanol–water partition coefficient (Wildman–Crippen LogP) is 4.96. The van der Waals surface area contributed by atoms with Gasteiger partial charge in [0.15, 0.2) is 0 Å². The zero-order chi connectivity index (χ0) is 14.5. The summed E-state index contributed by atoms with van der Waals surface area (Å²) in [4.78, 5) is 0. The first kappa shape index (κ1) is 15.4. The Bertz CT molecular complexity index is 571. The Morgan fingerprint density at radius 1 is 1.20 bits per heavy atom. The van der Waals surface area contributed by atoms with Gasteiger partial charge >= 0.3 is 0 Å². The van der Waals surface area contributed by atoms with Gasteiger partial charge in [-0.25, -0.2) is 0 Å². The van der Waals surface area contributed by atoms with Crippen LogP contribution in [0.5, 0.6) is 5.75 Å². The monoisotopic (exact) mass is 353 g/mol. The molecule has 0 fully saturated rings. The van der Waals surface area contributed by atoms with Crippen LogP contribution in [0.3, 0.4) is 0 Å². The van der Waals surface area contributed by atoms with Crippen molar-refractivity contribution in [2.75, 3.05) is 7.11 Å². The second-order valence-electron chi connectivity index (χ2n) is 4.61. The van der Waals surface area contributed by atoms with E-state index in [1.165, 1.54) is 5.56 Å². The molecule has 0 radical (unpaired) electrons. The summed E-state index contributed by atoms with van der Waals surface area (Å²) in [6, 6.07) is 14.2. The van der Waals surface area contributed by atoms with Crippen LogP contribution >= 0.6 is 27.5 Å². The number of hydrogen-bond donors (Lipinski definition) is 1. The normalized spacial score (nSPS) is 12.2. The molecule has 0 aliphatic carbocycles. The molecule has 106 valence electrons. The Labute approximate surface area is 133 Å². The van der Waals surface area contributed by atoms with Crippen molar-refractivity contribution in [2.24, 2.45) is 0 Å². The Kier molecular flexibility index (Phi) is 5.46. The molecule has 0 saturated carbocycles. The maximum absolute atomic E-state index is 6.03. The van der Waals surface area contributed by atoms with Gasteiger partial charge in [-0.3, -0.25) is 0 Å². The van der Waals surface area contributed by atoms with E-state index in [-0.39, 0.29) is 6.04 Å². The van der Waals surface area contributed by atoms with E-state index in [2.05, 4.69) is 40.3 Å². The molecule has 0 heterocycles. The first-order chi connectivity index (χ1) is 9.60. The number of benzene rings is 2. The van der Waals surface area contributed by atoms with Crippen molar-refractivity contribution < 1.29 is 4.74 Å². The Hall–Kier alpha value is -1.03. The first-order valence-electron chi connectivity index (χ1n) is 6.41. The maximum Gasteiger partial charge on any atom is 0.123 e. The second kappa shape index (κ2) is 7.11. The minimum atomic E-state index is 0.256. The van der Waals surface area contributed by atoms with Crippen LogP contribution in [-0.2, 0) is 6.54 Å². The van der Waals surface area contributed by atoms with E-state index >= 15 is 0 Å². The van der Waals surface area contributed by atoms with E-state index in [0.717, 1.165) is 20.8 Å². The zero-order valence-electron chi connectivity index (χ0n) is 11.5. The SMILES string of the molecule is COc1ccc(Cl)cc1CN[C@@H](C)c1ccc(Br)cc1. The lowest BCUT2D eigenvalue weighted by Crippen LogP contribution is -2.18. The van der Waals surface area contributed by atoms with Crippen LogP contribution < -0.4 is 10.1 Å². The standard InChI is InChI=1S/C16H17BrClNO/c1-11(12-3-5-14(17)6-4-12)19-10-13-9-15(18)7-8-16(13)20-2/h3-9,11,19H,10H2,1-2H3/t11-/m0/s1. The average Bonchev–Trinajstić information content (AvgIpc) is 2.45. The summed E-state index contributed by atoms with van der Waals surface area (Å²) in [5, 5.41) is 4.20. The van der Waals surface area contributed by atoms with Gasteiger partial charge in [-0.1, -0.05) is 39.7 Å².